The predicted molar refractivity (Wildman–Crippen MR) is 66.9 cm³/mol. The van der Waals surface area contributed by atoms with E-state index in [4.69, 9.17) is 5.73 Å². The number of hydrogen-bond acceptors (Lipinski definition) is 2. The number of aryl methyl sites for hydroxylation is 1. The second-order valence-electron chi connectivity index (χ2n) is 3.89. The van der Waals surface area contributed by atoms with Crippen LogP contribution >= 0.6 is 15.9 Å². The van der Waals surface area contributed by atoms with Gasteiger partial charge in [0.2, 0.25) is 0 Å². The molecule has 0 spiro atoms. The van der Waals surface area contributed by atoms with Crippen LogP contribution in [0, 0.1) is 6.92 Å². The first kappa shape index (κ1) is 12.3. The normalized spacial score (nSPS) is 12.5. The number of halogens is 1. The van der Waals surface area contributed by atoms with Crippen LogP contribution < -0.4 is 5.73 Å². The molecule has 0 fully saturated rings. The van der Waals surface area contributed by atoms with Crippen molar-refractivity contribution in [3.8, 4) is 5.75 Å². The van der Waals surface area contributed by atoms with E-state index in [1.807, 2.05) is 26.0 Å². The summed E-state index contributed by atoms with van der Waals surface area (Å²) in [4.78, 5) is 0. The van der Waals surface area contributed by atoms with Crippen molar-refractivity contribution in [1.82, 2.24) is 0 Å². The van der Waals surface area contributed by atoms with Crippen molar-refractivity contribution in [2.24, 2.45) is 5.73 Å². The van der Waals surface area contributed by atoms with Gasteiger partial charge in [0.15, 0.2) is 0 Å². The number of rotatable bonds is 3. The number of aromatic hydroxyl groups is 1. The molecule has 3 heteroatoms. The Balaban J connectivity index is 3.12. The van der Waals surface area contributed by atoms with Gasteiger partial charge in [-0.05, 0) is 31.9 Å². The highest BCUT2D eigenvalue weighted by molar-refractivity contribution is 9.10. The highest BCUT2D eigenvalue weighted by Crippen LogP contribution is 2.35. The molecule has 3 N–H and O–H groups in total. The van der Waals surface area contributed by atoms with E-state index in [0.717, 1.165) is 21.2 Å². The lowest BCUT2D eigenvalue weighted by atomic mass is 9.98. The quantitative estimate of drug-likeness (QED) is 0.826. The van der Waals surface area contributed by atoms with E-state index in [0.29, 0.717) is 6.42 Å². The molecule has 1 atom stereocenters. The minimum Gasteiger partial charge on any atom is -0.507 e. The molecule has 82 valence electrons. The van der Waals surface area contributed by atoms with Crippen LogP contribution in [-0.4, -0.2) is 5.11 Å². The summed E-state index contributed by atoms with van der Waals surface area (Å²) in [6.45, 7) is 7.62. The highest BCUT2D eigenvalue weighted by Gasteiger charge is 2.16. The molecule has 0 aromatic heterocycles. The van der Waals surface area contributed by atoms with Gasteiger partial charge in [-0.3, -0.25) is 0 Å². The Kier molecular flexibility index (Phi) is 3.94. The van der Waals surface area contributed by atoms with E-state index in [2.05, 4.69) is 22.5 Å². The first-order valence-corrected chi connectivity index (χ1v) is 5.60. The molecule has 0 aliphatic heterocycles. The average Bonchev–Trinajstić information content (AvgIpc) is 2.11. The van der Waals surface area contributed by atoms with Crippen LogP contribution in [-0.2, 0) is 0 Å². The molecule has 0 aliphatic rings. The summed E-state index contributed by atoms with van der Waals surface area (Å²) < 4.78 is 0.847. The number of benzene rings is 1. The fraction of sp³-hybridized carbons (Fsp3) is 0.333. The lowest BCUT2D eigenvalue weighted by Crippen LogP contribution is -2.11. The van der Waals surface area contributed by atoms with Crippen LogP contribution in [0.2, 0.25) is 0 Å². The third-order valence-corrected chi connectivity index (χ3v) is 3.00. The number of phenols is 1. The fourth-order valence-corrected chi connectivity index (χ4v) is 2.14. The van der Waals surface area contributed by atoms with Crippen molar-refractivity contribution in [3.63, 3.8) is 0 Å². The second kappa shape index (κ2) is 4.81. The number of hydrogen-bond donors (Lipinski definition) is 2. The van der Waals surface area contributed by atoms with Gasteiger partial charge in [0.25, 0.3) is 0 Å². The van der Waals surface area contributed by atoms with E-state index >= 15 is 0 Å². The zero-order valence-corrected chi connectivity index (χ0v) is 10.6. The van der Waals surface area contributed by atoms with Gasteiger partial charge in [-0.2, -0.15) is 0 Å². The molecule has 15 heavy (non-hydrogen) atoms. The average molecular weight is 270 g/mol. The lowest BCUT2D eigenvalue weighted by Gasteiger charge is -2.16. The first-order chi connectivity index (χ1) is 6.93. The predicted octanol–water partition coefficient (Wildman–Crippen LogP) is 3.43. The van der Waals surface area contributed by atoms with Crippen LogP contribution in [0.25, 0.3) is 0 Å². The zero-order valence-electron chi connectivity index (χ0n) is 9.05. The molecule has 2 nitrogen and oxygen atoms in total. The Hall–Kier alpha value is -0.800. The van der Waals surface area contributed by atoms with E-state index in [1.165, 1.54) is 0 Å². The summed E-state index contributed by atoms with van der Waals surface area (Å²) in [5.74, 6) is 0.276. The van der Waals surface area contributed by atoms with Crippen molar-refractivity contribution < 1.29 is 5.11 Å². The molecular weight excluding hydrogens is 254 g/mol. The Morgan fingerprint density at radius 3 is 2.73 bits per heavy atom. The van der Waals surface area contributed by atoms with Gasteiger partial charge in [-0.15, -0.1) is 6.58 Å². The summed E-state index contributed by atoms with van der Waals surface area (Å²) >= 11 is 3.40. The molecule has 1 rings (SSSR count). The fourth-order valence-electron chi connectivity index (χ4n) is 1.52. The van der Waals surface area contributed by atoms with E-state index < -0.39 is 0 Å². The molecule has 0 radical (unpaired) electrons. The third kappa shape index (κ3) is 2.83. The van der Waals surface area contributed by atoms with E-state index in [1.54, 1.807) is 0 Å². The maximum Gasteiger partial charge on any atom is 0.124 e. The molecule has 0 aliphatic carbocycles. The molecular formula is C12H16BrNO. The molecule has 0 heterocycles. The molecule has 0 amide bonds. The zero-order chi connectivity index (χ0) is 11.6. The molecule has 0 bridgehead atoms. The number of phenolic OH excluding ortho intramolecular Hbond substituents is 1. The largest absolute Gasteiger partial charge is 0.507 e. The summed E-state index contributed by atoms with van der Waals surface area (Å²) in [5, 5.41) is 9.92. The van der Waals surface area contributed by atoms with Crippen LogP contribution in [0.1, 0.15) is 30.5 Å². The van der Waals surface area contributed by atoms with Gasteiger partial charge >= 0.3 is 0 Å². The van der Waals surface area contributed by atoms with E-state index in [9.17, 15) is 5.11 Å². The van der Waals surface area contributed by atoms with Crippen molar-refractivity contribution in [2.75, 3.05) is 0 Å². The Morgan fingerprint density at radius 1 is 1.60 bits per heavy atom. The van der Waals surface area contributed by atoms with Gasteiger partial charge in [0, 0.05) is 16.1 Å². The lowest BCUT2D eigenvalue weighted by molar-refractivity contribution is 0.456. The highest BCUT2D eigenvalue weighted by atomic mass is 79.9. The minimum atomic E-state index is -0.211. The monoisotopic (exact) mass is 269 g/mol. The van der Waals surface area contributed by atoms with Gasteiger partial charge in [0.1, 0.15) is 5.75 Å². The van der Waals surface area contributed by atoms with Crippen molar-refractivity contribution in [3.05, 3.63) is 39.9 Å². The summed E-state index contributed by atoms with van der Waals surface area (Å²) in [7, 11) is 0. The van der Waals surface area contributed by atoms with Gasteiger partial charge in [-0.25, -0.2) is 0 Å². The molecule has 0 saturated carbocycles. The van der Waals surface area contributed by atoms with Gasteiger partial charge < -0.3 is 10.8 Å². The Bertz CT molecular complexity index is 387. The van der Waals surface area contributed by atoms with Crippen LogP contribution in [0.5, 0.6) is 5.75 Å². The molecule has 0 unspecified atom stereocenters. The van der Waals surface area contributed by atoms with Crippen molar-refractivity contribution in [1.29, 1.82) is 0 Å². The van der Waals surface area contributed by atoms with Crippen LogP contribution in [0.4, 0.5) is 0 Å². The Labute approximate surface area is 98.9 Å². The van der Waals surface area contributed by atoms with Crippen LogP contribution in [0.3, 0.4) is 0 Å². The summed E-state index contributed by atoms with van der Waals surface area (Å²) in [6.07, 6.45) is 0.676. The van der Waals surface area contributed by atoms with E-state index in [-0.39, 0.29) is 11.8 Å². The Morgan fingerprint density at radius 2 is 2.20 bits per heavy atom. The summed E-state index contributed by atoms with van der Waals surface area (Å²) in [5.41, 5.74) is 8.63. The first-order valence-electron chi connectivity index (χ1n) is 4.81. The number of nitrogens with two attached hydrogens (primary N) is 1. The molecule has 0 saturated heterocycles. The van der Waals surface area contributed by atoms with Crippen LogP contribution in [0.15, 0.2) is 28.8 Å². The topological polar surface area (TPSA) is 46.2 Å². The summed E-state index contributed by atoms with van der Waals surface area (Å²) in [6, 6.07) is 3.55. The van der Waals surface area contributed by atoms with Gasteiger partial charge in [-0.1, -0.05) is 27.6 Å². The minimum absolute atomic E-state index is 0.211. The third-order valence-electron chi connectivity index (χ3n) is 2.30. The molecule has 1 aromatic carbocycles. The SMILES string of the molecule is C=C(C)C[C@@H](N)c1c(Br)ccc(C)c1O. The second-order valence-corrected chi connectivity index (χ2v) is 4.75. The maximum absolute atomic E-state index is 9.92. The van der Waals surface area contributed by atoms with Gasteiger partial charge in [0.05, 0.1) is 0 Å². The smallest absolute Gasteiger partial charge is 0.124 e. The van der Waals surface area contributed by atoms with Crippen molar-refractivity contribution >= 4 is 15.9 Å². The standard InChI is InChI=1S/C12H16BrNO/c1-7(2)6-10(14)11-9(13)5-4-8(3)12(11)15/h4-5,10,15H,1,6,14H2,2-3H3/t10-/m1/s1. The molecule has 1 aromatic rings. The maximum atomic E-state index is 9.92. The van der Waals surface area contributed by atoms with Crippen molar-refractivity contribution in [2.45, 2.75) is 26.3 Å².